The molecule has 2 aromatic rings. The van der Waals surface area contributed by atoms with Crippen molar-refractivity contribution in [1.29, 1.82) is 0 Å². The van der Waals surface area contributed by atoms with Gasteiger partial charge in [-0.15, -0.1) is 23.2 Å². The predicted octanol–water partition coefficient (Wildman–Crippen LogP) is 6.34. The molecule has 1 saturated carbocycles. The van der Waals surface area contributed by atoms with E-state index in [1.54, 1.807) is 42.5 Å². The Bertz CT molecular complexity index is 1270. The van der Waals surface area contributed by atoms with Crippen LogP contribution in [-0.4, -0.2) is 41.8 Å². The normalized spacial score (nSPS) is 30.8. The summed E-state index contributed by atoms with van der Waals surface area (Å²) in [6.07, 6.45) is 0. The van der Waals surface area contributed by atoms with Gasteiger partial charge in [0.1, 0.15) is 9.75 Å². The Balaban J connectivity index is 1.63. The molecule has 12 heteroatoms. The number of benzene rings is 2. The number of halogens is 7. The van der Waals surface area contributed by atoms with Crippen molar-refractivity contribution in [3.63, 3.8) is 0 Å². The van der Waals surface area contributed by atoms with Crippen molar-refractivity contribution < 1.29 is 14.4 Å². The van der Waals surface area contributed by atoms with Crippen molar-refractivity contribution in [2.24, 2.45) is 11.8 Å². The molecule has 1 aliphatic heterocycles. The summed E-state index contributed by atoms with van der Waals surface area (Å²) in [4.78, 5) is 37.4. The molecular formula is C23H13Cl7N2O3. The van der Waals surface area contributed by atoms with Crippen molar-refractivity contribution >= 4 is 98.9 Å². The van der Waals surface area contributed by atoms with E-state index in [1.807, 2.05) is 0 Å². The second-order valence-electron chi connectivity index (χ2n) is 8.40. The van der Waals surface area contributed by atoms with E-state index in [2.05, 4.69) is 0 Å². The topological polar surface area (TPSA) is 57.7 Å². The lowest BCUT2D eigenvalue weighted by Crippen LogP contribution is -2.55. The summed E-state index contributed by atoms with van der Waals surface area (Å²) in [6.45, 7) is -0.131. The van der Waals surface area contributed by atoms with E-state index in [1.165, 1.54) is 12.1 Å². The number of allylic oxidation sites excluding steroid dienone is 2. The van der Waals surface area contributed by atoms with Crippen LogP contribution in [0.3, 0.4) is 0 Å². The molecule has 35 heavy (non-hydrogen) atoms. The Kier molecular flexibility index (Phi) is 6.13. The van der Waals surface area contributed by atoms with Gasteiger partial charge in [0, 0.05) is 0 Å². The molecule has 2 bridgehead atoms. The zero-order valence-electron chi connectivity index (χ0n) is 17.3. The van der Waals surface area contributed by atoms with Crippen LogP contribution in [0.25, 0.3) is 0 Å². The van der Waals surface area contributed by atoms with Gasteiger partial charge >= 0.3 is 0 Å². The maximum absolute atomic E-state index is 13.8. The van der Waals surface area contributed by atoms with E-state index in [-0.39, 0.29) is 27.2 Å². The SMILES string of the molecule is O=C(c1ccccc1Cl)N(Cc1ccccc1)N1C(=O)[C@H]2[C@H](C1=O)[C@@]1(Cl)C(Cl)=C(Cl)[C@@]2(Cl)C1(Cl)Cl. The molecule has 3 aliphatic rings. The van der Waals surface area contributed by atoms with Gasteiger partial charge in [-0.25, -0.2) is 5.01 Å². The number of imide groups is 1. The first kappa shape index (κ1) is 25.5. The van der Waals surface area contributed by atoms with Crippen molar-refractivity contribution in [2.45, 2.75) is 20.6 Å². The number of hydrogen-bond donors (Lipinski definition) is 0. The van der Waals surface area contributed by atoms with Gasteiger partial charge in [-0.2, -0.15) is 5.01 Å². The van der Waals surface area contributed by atoms with Crippen LogP contribution in [0.5, 0.6) is 0 Å². The van der Waals surface area contributed by atoms with Gasteiger partial charge in [0.05, 0.1) is 39.0 Å². The van der Waals surface area contributed by atoms with Gasteiger partial charge in [0.2, 0.25) is 0 Å². The Labute approximate surface area is 235 Å². The fourth-order valence-corrected chi connectivity index (χ4v) is 8.13. The molecule has 5 rings (SSSR count). The van der Waals surface area contributed by atoms with Gasteiger partial charge in [0.25, 0.3) is 17.7 Å². The lowest BCUT2D eigenvalue weighted by molar-refractivity contribution is -0.156. The Hall–Kier alpha value is -1.18. The third-order valence-electron chi connectivity index (χ3n) is 6.64. The highest BCUT2D eigenvalue weighted by molar-refractivity contribution is 6.66. The number of rotatable bonds is 4. The lowest BCUT2D eigenvalue weighted by atomic mass is 9.84. The highest BCUT2D eigenvalue weighted by atomic mass is 35.5. The standard InChI is InChI=1S/C23H13Cl7N2O3/c24-13-9-5-4-8-12(13)18(33)31(10-11-6-2-1-3-7-11)32-19(34)14-15(20(32)35)22(28)17(26)16(25)21(14,27)23(22,29)30/h1-9,14-15H,10H2/t14-,15-,21-,22-/m1/s1. The van der Waals surface area contributed by atoms with Crippen LogP contribution >= 0.6 is 81.2 Å². The summed E-state index contributed by atoms with van der Waals surface area (Å²) >= 11 is 45.7. The summed E-state index contributed by atoms with van der Waals surface area (Å²) in [5, 5.41) is 1.45. The molecule has 5 nitrogen and oxygen atoms in total. The van der Waals surface area contributed by atoms with E-state index < -0.39 is 43.6 Å². The summed E-state index contributed by atoms with van der Waals surface area (Å²) in [6, 6.07) is 15.1. The number of carbonyl (C=O) groups is 3. The van der Waals surface area contributed by atoms with Crippen molar-refractivity contribution in [3.05, 3.63) is 80.8 Å². The van der Waals surface area contributed by atoms with Gasteiger partial charge in [0.15, 0.2) is 4.33 Å². The third-order valence-corrected chi connectivity index (χ3v) is 11.2. The van der Waals surface area contributed by atoms with Crippen LogP contribution in [0.4, 0.5) is 0 Å². The third kappa shape index (κ3) is 3.13. The van der Waals surface area contributed by atoms with E-state index >= 15 is 0 Å². The number of nitrogens with zero attached hydrogens (tertiary/aromatic N) is 2. The maximum Gasteiger partial charge on any atom is 0.274 e. The minimum absolute atomic E-state index is 0.0881. The van der Waals surface area contributed by atoms with E-state index in [4.69, 9.17) is 81.2 Å². The minimum Gasteiger partial charge on any atom is -0.272 e. The zero-order valence-corrected chi connectivity index (χ0v) is 22.6. The number of carbonyl (C=O) groups excluding carboxylic acids is 3. The smallest absolute Gasteiger partial charge is 0.272 e. The number of fused-ring (bicyclic) bond motifs is 5. The van der Waals surface area contributed by atoms with Crippen LogP contribution in [-0.2, 0) is 16.1 Å². The van der Waals surface area contributed by atoms with Crippen LogP contribution in [0.15, 0.2) is 64.7 Å². The molecule has 2 fully saturated rings. The summed E-state index contributed by atoms with van der Waals surface area (Å²) < 4.78 is -2.07. The molecule has 0 N–H and O–H groups in total. The molecule has 2 aliphatic carbocycles. The molecule has 2 aromatic carbocycles. The molecule has 4 atom stereocenters. The summed E-state index contributed by atoms with van der Waals surface area (Å²) in [5.41, 5.74) is 0.734. The zero-order chi connectivity index (χ0) is 25.5. The fourth-order valence-electron chi connectivity index (χ4n) is 4.98. The van der Waals surface area contributed by atoms with Crippen LogP contribution in [0.1, 0.15) is 15.9 Å². The first-order valence-corrected chi connectivity index (χ1v) is 12.8. The average molecular weight is 614 g/mol. The van der Waals surface area contributed by atoms with Crippen LogP contribution in [0.2, 0.25) is 5.02 Å². The molecule has 182 valence electrons. The van der Waals surface area contributed by atoms with Crippen molar-refractivity contribution in [1.82, 2.24) is 10.0 Å². The Morgan fingerprint density at radius 3 is 1.80 bits per heavy atom. The molecule has 3 amide bonds. The summed E-state index contributed by atoms with van der Waals surface area (Å²) in [5.74, 6) is -5.08. The highest BCUT2D eigenvalue weighted by Gasteiger charge is 2.88. The Morgan fingerprint density at radius 1 is 0.800 bits per heavy atom. The number of alkyl halides is 4. The quantitative estimate of drug-likeness (QED) is 0.299. The number of amides is 3. The maximum atomic E-state index is 13.8. The average Bonchev–Trinajstić information content (AvgIpc) is 3.21. The lowest BCUT2D eigenvalue weighted by Gasteiger charge is -2.37. The van der Waals surface area contributed by atoms with Crippen LogP contribution in [0, 0.1) is 11.8 Å². The fraction of sp³-hybridized carbons (Fsp3) is 0.261. The number of hydrogen-bond acceptors (Lipinski definition) is 3. The first-order chi connectivity index (χ1) is 16.4. The molecule has 1 saturated heterocycles. The van der Waals surface area contributed by atoms with E-state index in [9.17, 15) is 14.4 Å². The number of hydrazine groups is 1. The van der Waals surface area contributed by atoms with Crippen molar-refractivity contribution in [2.75, 3.05) is 0 Å². The minimum atomic E-state index is -2.07. The second-order valence-corrected chi connectivity index (χ2v) is 12.1. The largest absolute Gasteiger partial charge is 0.274 e. The molecular weight excluding hydrogens is 600 g/mol. The predicted molar refractivity (Wildman–Crippen MR) is 137 cm³/mol. The van der Waals surface area contributed by atoms with E-state index in [0.29, 0.717) is 5.56 Å². The van der Waals surface area contributed by atoms with Gasteiger partial charge < -0.3 is 0 Å². The van der Waals surface area contributed by atoms with Gasteiger partial charge in [-0.3, -0.25) is 14.4 Å². The van der Waals surface area contributed by atoms with Crippen molar-refractivity contribution in [3.8, 4) is 0 Å². The molecule has 0 radical (unpaired) electrons. The molecule has 0 unspecified atom stereocenters. The monoisotopic (exact) mass is 610 g/mol. The highest BCUT2D eigenvalue weighted by Crippen LogP contribution is 2.77. The molecule has 0 spiro atoms. The van der Waals surface area contributed by atoms with E-state index in [0.717, 1.165) is 10.0 Å². The Morgan fingerprint density at radius 2 is 1.29 bits per heavy atom. The second kappa shape index (κ2) is 8.42. The molecule has 1 heterocycles. The van der Waals surface area contributed by atoms with Crippen LogP contribution < -0.4 is 0 Å². The van der Waals surface area contributed by atoms with Gasteiger partial charge in [-0.05, 0) is 17.7 Å². The first-order valence-electron chi connectivity index (χ1n) is 10.2. The molecule has 0 aromatic heterocycles. The summed E-state index contributed by atoms with van der Waals surface area (Å²) in [7, 11) is 0. The van der Waals surface area contributed by atoms with Gasteiger partial charge in [-0.1, -0.05) is 100 Å².